The number of nitrogens with zero attached hydrogens (tertiary/aromatic N) is 2. The number of carbonyl (C=O) groups excluding carboxylic acids is 2. The van der Waals surface area contributed by atoms with Crippen LogP contribution < -0.4 is 9.62 Å². The van der Waals surface area contributed by atoms with E-state index in [0.29, 0.717) is 27.7 Å². The molecule has 0 heterocycles. The molecule has 10 heteroatoms. The first-order chi connectivity index (χ1) is 17.5. The van der Waals surface area contributed by atoms with E-state index in [9.17, 15) is 18.0 Å². The third-order valence-electron chi connectivity index (χ3n) is 6.73. The largest absolute Gasteiger partial charge is 0.352 e. The lowest BCUT2D eigenvalue weighted by Crippen LogP contribution is -2.54. The summed E-state index contributed by atoms with van der Waals surface area (Å²) in [4.78, 5) is 28.7. The Morgan fingerprint density at radius 3 is 2.16 bits per heavy atom. The molecule has 2 amide bonds. The van der Waals surface area contributed by atoms with Crippen LogP contribution in [0.4, 0.5) is 5.69 Å². The van der Waals surface area contributed by atoms with Gasteiger partial charge in [-0.25, -0.2) is 8.42 Å². The molecule has 0 bridgehead atoms. The fourth-order valence-electron chi connectivity index (χ4n) is 4.64. The fourth-order valence-corrected chi connectivity index (χ4v) is 6.01. The highest BCUT2D eigenvalue weighted by molar-refractivity contribution is 7.92. The molecule has 202 valence electrons. The molecule has 2 aromatic carbocycles. The number of benzene rings is 2. The Hall–Kier alpha value is -2.29. The molecule has 1 saturated carbocycles. The third kappa shape index (κ3) is 7.85. The van der Waals surface area contributed by atoms with Crippen LogP contribution in [-0.2, 0) is 26.2 Å². The van der Waals surface area contributed by atoms with Gasteiger partial charge >= 0.3 is 0 Å². The van der Waals surface area contributed by atoms with Gasteiger partial charge < -0.3 is 10.2 Å². The Morgan fingerprint density at radius 1 is 1.03 bits per heavy atom. The van der Waals surface area contributed by atoms with Crippen LogP contribution in [0.2, 0.25) is 10.0 Å². The maximum absolute atomic E-state index is 13.8. The highest BCUT2D eigenvalue weighted by atomic mass is 35.5. The van der Waals surface area contributed by atoms with Gasteiger partial charge in [-0.2, -0.15) is 0 Å². The molecule has 0 saturated heterocycles. The van der Waals surface area contributed by atoms with E-state index in [1.165, 1.54) is 4.90 Å². The van der Waals surface area contributed by atoms with Crippen molar-refractivity contribution in [2.75, 3.05) is 17.1 Å². The molecular formula is C27H35Cl2N3O4S. The number of amides is 2. The van der Waals surface area contributed by atoms with Gasteiger partial charge in [-0.3, -0.25) is 13.9 Å². The summed E-state index contributed by atoms with van der Waals surface area (Å²) in [6.07, 6.45) is 6.47. The van der Waals surface area contributed by atoms with E-state index in [0.717, 1.165) is 48.2 Å². The minimum Gasteiger partial charge on any atom is -0.352 e. The molecule has 0 aromatic heterocycles. The molecule has 7 nitrogen and oxygen atoms in total. The predicted octanol–water partition coefficient (Wildman–Crippen LogP) is 5.32. The highest BCUT2D eigenvalue weighted by Crippen LogP contribution is 2.28. The van der Waals surface area contributed by atoms with Crippen LogP contribution in [0.5, 0.6) is 0 Å². The quantitative estimate of drug-likeness (QED) is 0.420. The van der Waals surface area contributed by atoms with Crippen LogP contribution in [0.1, 0.15) is 56.6 Å². The van der Waals surface area contributed by atoms with E-state index < -0.39 is 28.5 Å². The molecule has 3 rings (SSSR count). The van der Waals surface area contributed by atoms with Gasteiger partial charge in [-0.05, 0) is 50.5 Å². The highest BCUT2D eigenvalue weighted by Gasteiger charge is 2.33. The lowest BCUT2D eigenvalue weighted by Gasteiger charge is -2.34. The van der Waals surface area contributed by atoms with Crippen molar-refractivity contribution in [3.05, 3.63) is 63.6 Å². The molecule has 0 unspecified atom stereocenters. The topological polar surface area (TPSA) is 86.8 Å². The molecule has 37 heavy (non-hydrogen) atoms. The normalized spacial score (nSPS) is 15.2. The lowest BCUT2D eigenvalue weighted by molar-refractivity contribution is -0.140. The first kappa shape index (κ1) is 29.3. The Bertz CT molecular complexity index is 1180. The number of aryl methyl sites for hydroxylation is 1. The van der Waals surface area contributed by atoms with Crippen molar-refractivity contribution in [1.82, 2.24) is 10.2 Å². The summed E-state index contributed by atoms with van der Waals surface area (Å²) in [5.41, 5.74) is 1.84. The molecule has 1 N–H and O–H groups in total. The van der Waals surface area contributed by atoms with Gasteiger partial charge in [0.15, 0.2) is 0 Å². The number of hydrogen-bond donors (Lipinski definition) is 1. The van der Waals surface area contributed by atoms with Crippen LogP contribution in [0, 0.1) is 6.92 Å². The molecular weight excluding hydrogens is 533 g/mol. The summed E-state index contributed by atoms with van der Waals surface area (Å²) in [7, 11) is -3.79. The van der Waals surface area contributed by atoms with Crippen LogP contribution in [-0.4, -0.2) is 50.0 Å². The Balaban J connectivity index is 1.95. The van der Waals surface area contributed by atoms with Crippen LogP contribution >= 0.6 is 23.2 Å². The molecule has 1 atom stereocenters. The average molecular weight is 569 g/mol. The Labute approximate surface area is 230 Å². The summed E-state index contributed by atoms with van der Waals surface area (Å²) < 4.78 is 26.5. The summed E-state index contributed by atoms with van der Waals surface area (Å²) in [5.74, 6) is -0.778. The molecule has 2 aromatic rings. The number of carbonyl (C=O) groups is 2. The van der Waals surface area contributed by atoms with E-state index in [1.807, 2.05) is 13.8 Å². The molecule has 1 aliphatic rings. The second kappa shape index (κ2) is 13.0. The van der Waals surface area contributed by atoms with Crippen molar-refractivity contribution in [2.45, 2.75) is 71.0 Å². The smallest absolute Gasteiger partial charge is 0.244 e. The van der Waals surface area contributed by atoms with E-state index >= 15 is 0 Å². The maximum Gasteiger partial charge on any atom is 0.244 e. The SMILES string of the molecule is CC[C@H](C(=O)NC1CCCCC1)N(Cc1c(Cl)cccc1Cl)C(=O)CN(c1ccc(C)cc1)S(C)(=O)=O. The molecule has 1 fully saturated rings. The molecule has 0 spiro atoms. The van der Waals surface area contributed by atoms with E-state index in [-0.39, 0.29) is 18.5 Å². The van der Waals surface area contributed by atoms with Crippen LogP contribution in [0.15, 0.2) is 42.5 Å². The zero-order valence-corrected chi connectivity index (χ0v) is 23.9. The standard InChI is InChI=1S/C27H35Cl2N3O4S/c1-4-25(27(34)30-20-9-6-5-7-10-20)31(17-22-23(28)11-8-12-24(22)29)26(33)18-32(37(3,35)36)21-15-13-19(2)14-16-21/h8,11-16,20,25H,4-7,9-10,17-18H2,1-3H3,(H,30,34)/t25-/m1/s1. The Morgan fingerprint density at radius 2 is 1.62 bits per heavy atom. The zero-order valence-electron chi connectivity index (χ0n) is 21.5. The van der Waals surface area contributed by atoms with Crippen molar-refractivity contribution in [2.24, 2.45) is 0 Å². The van der Waals surface area contributed by atoms with Gasteiger partial charge in [-0.1, -0.05) is 73.2 Å². The minimum atomic E-state index is -3.79. The van der Waals surface area contributed by atoms with Crippen LogP contribution in [0.3, 0.4) is 0 Å². The van der Waals surface area contributed by atoms with Gasteiger partial charge in [0.05, 0.1) is 11.9 Å². The van der Waals surface area contributed by atoms with Crippen molar-refractivity contribution in [3.8, 4) is 0 Å². The lowest BCUT2D eigenvalue weighted by atomic mass is 9.95. The second-order valence-corrected chi connectivity index (χ2v) is 12.3. The van der Waals surface area contributed by atoms with Gasteiger partial charge in [0, 0.05) is 28.2 Å². The summed E-state index contributed by atoms with van der Waals surface area (Å²) in [6.45, 7) is 3.23. The summed E-state index contributed by atoms with van der Waals surface area (Å²) in [6, 6.07) is 11.2. The third-order valence-corrected chi connectivity index (χ3v) is 8.58. The number of rotatable bonds is 10. The molecule has 1 aliphatic carbocycles. The number of anilines is 1. The van der Waals surface area contributed by atoms with E-state index in [1.54, 1.807) is 42.5 Å². The van der Waals surface area contributed by atoms with Gasteiger partial charge in [0.1, 0.15) is 12.6 Å². The molecule has 0 aliphatic heterocycles. The predicted molar refractivity (Wildman–Crippen MR) is 149 cm³/mol. The minimum absolute atomic E-state index is 0.0283. The summed E-state index contributed by atoms with van der Waals surface area (Å²) >= 11 is 12.8. The monoisotopic (exact) mass is 567 g/mol. The van der Waals surface area contributed by atoms with Crippen LogP contribution in [0.25, 0.3) is 0 Å². The van der Waals surface area contributed by atoms with Gasteiger partial charge in [0.2, 0.25) is 21.8 Å². The fraction of sp³-hybridized carbons (Fsp3) is 0.481. The van der Waals surface area contributed by atoms with Crippen molar-refractivity contribution in [1.29, 1.82) is 0 Å². The maximum atomic E-state index is 13.8. The average Bonchev–Trinajstić information content (AvgIpc) is 2.84. The number of hydrogen-bond acceptors (Lipinski definition) is 4. The van der Waals surface area contributed by atoms with Crippen molar-refractivity contribution < 1.29 is 18.0 Å². The van der Waals surface area contributed by atoms with E-state index in [2.05, 4.69) is 5.32 Å². The van der Waals surface area contributed by atoms with Crippen molar-refractivity contribution in [3.63, 3.8) is 0 Å². The first-order valence-corrected chi connectivity index (χ1v) is 15.2. The van der Waals surface area contributed by atoms with Gasteiger partial charge in [0.25, 0.3) is 0 Å². The number of nitrogens with one attached hydrogen (secondary N) is 1. The van der Waals surface area contributed by atoms with E-state index in [4.69, 9.17) is 23.2 Å². The zero-order chi connectivity index (χ0) is 27.2. The Kier molecular flexibility index (Phi) is 10.3. The summed E-state index contributed by atoms with van der Waals surface area (Å²) in [5, 5.41) is 3.85. The number of halogens is 2. The number of sulfonamides is 1. The first-order valence-electron chi connectivity index (χ1n) is 12.6. The van der Waals surface area contributed by atoms with Gasteiger partial charge in [-0.15, -0.1) is 0 Å². The van der Waals surface area contributed by atoms with Crippen molar-refractivity contribution >= 4 is 50.7 Å². The second-order valence-electron chi connectivity index (χ2n) is 9.59. The molecule has 0 radical (unpaired) electrons.